The lowest BCUT2D eigenvalue weighted by atomic mass is 10.1. The van der Waals surface area contributed by atoms with E-state index in [1.807, 2.05) is 0 Å². The minimum atomic E-state index is -0.710. The highest BCUT2D eigenvalue weighted by Crippen LogP contribution is 2.30. The van der Waals surface area contributed by atoms with E-state index < -0.39 is 11.8 Å². The van der Waals surface area contributed by atoms with E-state index in [2.05, 4.69) is 4.98 Å². The summed E-state index contributed by atoms with van der Waals surface area (Å²) in [6, 6.07) is 11.0. The van der Waals surface area contributed by atoms with Crippen LogP contribution in [0.5, 0.6) is 5.75 Å². The van der Waals surface area contributed by atoms with Crippen LogP contribution in [0.3, 0.4) is 0 Å². The van der Waals surface area contributed by atoms with Gasteiger partial charge < -0.3 is 19.2 Å². The minimum Gasteiger partial charge on any atom is -0.467 e. The SMILES string of the molecule is O=C(OCc1cc(F)cc2c1OCOC2)c1cc2ccccc2c(=O)[nH]1. The zero-order valence-electron chi connectivity index (χ0n) is 13.6. The van der Waals surface area contributed by atoms with Gasteiger partial charge in [0.05, 0.1) is 6.61 Å². The van der Waals surface area contributed by atoms with Crippen molar-refractivity contribution in [3.8, 4) is 5.75 Å². The van der Waals surface area contributed by atoms with Crippen molar-refractivity contribution in [3.05, 3.63) is 75.5 Å². The number of fused-ring (bicyclic) bond motifs is 2. The normalized spacial score (nSPS) is 13.1. The summed E-state index contributed by atoms with van der Waals surface area (Å²) in [5, 5.41) is 1.11. The molecule has 6 nitrogen and oxygen atoms in total. The summed E-state index contributed by atoms with van der Waals surface area (Å²) >= 11 is 0. The quantitative estimate of drug-likeness (QED) is 0.731. The minimum absolute atomic E-state index is 0.0308. The third kappa shape index (κ3) is 3.04. The van der Waals surface area contributed by atoms with Crippen molar-refractivity contribution in [2.75, 3.05) is 6.79 Å². The lowest BCUT2D eigenvalue weighted by Crippen LogP contribution is -2.17. The van der Waals surface area contributed by atoms with E-state index in [0.717, 1.165) is 0 Å². The second-order valence-corrected chi connectivity index (χ2v) is 5.84. The molecule has 26 heavy (non-hydrogen) atoms. The summed E-state index contributed by atoms with van der Waals surface area (Å²) in [5.74, 6) is -0.724. The van der Waals surface area contributed by atoms with Crippen LogP contribution in [0, 0.1) is 5.82 Å². The molecular weight excluding hydrogens is 341 g/mol. The Hall–Kier alpha value is -3.19. The number of halogens is 1. The fourth-order valence-electron chi connectivity index (χ4n) is 2.91. The van der Waals surface area contributed by atoms with Gasteiger partial charge >= 0.3 is 5.97 Å². The Balaban J connectivity index is 1.58. The Morgan fingerprint density at radius 3 is 2.96 bits per heavy atom. The van der Waals surface area contributed by atoms with Crippen molar-refractivity contribution in [2.24, 2.45) is 0 Å². The molecule has 3 aromatic rings. The molecule has 0 fully saturated rings. The molecule has 7 heteroatoms. The summed E-state index contributed by atoms with van der Waals surface area (Å²) in [5.41, 5.74) is 0.614. The molecule has 2 heterocycles. The molecule has 1 aliphatic heterocycles. The van der Waals surface area contributed by atoms with Crippen molar-refractivity contribution >= 4 is 16.7 Å². The first-order chi connectivity index (χ1) is 12.6. The smallest absolute Gasteiger partial charge is 0.355 e. The molecule has 1 aromatic heterocycles. The third-order valence-electron chi connectivity index (χ3n) is 4.08. The molecular formula is C19H14FNO5. The van der Waals surface area contributed by atoms with E-state index in [-0.39, 0.29) is 31.3 Å². The zero-order chi connectivity index (χ0) is 18.1. The molecule has 0 aliphatic carbocycles. The van der Waals surface area contributed by atoms with Gasteiger partial charge in [0.25, 0.3) is 5.56 Å². The summed E-state index contributed by atoms with van der Waals surface area (Å²) in [4.78, 5) is 26.9. The summed E-state index contributed by atoms with van der Waals surface area (Å²) in [6.45, 7) is 0.0946. The van der Waals surface area contributed by atoms with Crippen LogP contribution >= 0.6 is 0 Å². The van der Waals surface area contributed by atoms with Crippen LogP contribution in [0.15, 0.2) is 47.3 Å². The van der Waals surface area contributed by atoms with Gasteiger partial charge in [-0.05, 0) is 29.7 Å². The first kappa shape index (κ1) is 16.3. The fourth-order valence-corrected chi connectivity index (χ4v) is 2.91. The van der Waals surface area contributed by atoms with E-state index in [4.69, 9.17) is 14.2 Å². The largest absolute Gasteiger partial charge is 0.467 e. The molecule has 132 valence electrons. The number of hydrogen-bond donors (Lipinski definition) is 1. The average Bonchev–Trinajstić information content (AvgIpc) is 2.65. The second-order valence-electron chi connectivity index (χ2n) is 5.84. The van der Waals surface area contributed by atoms with Gasteiger partial charge in [0.15, 0.2) is 6.79 Å². The van der Waals surface area contributed by atoms with Gasteiger partial charge in [-0.25, -0.2) is 9.18 Å². The van der Waals surface area contributed by atoms with Crippen molar-refractivity contribution < 1.29 is 23.4 Å². The highest BCUT2D eigenvalue weighted by Gasteiger charge is 2.19. The van der Waals surface area contributed by atoms with Gasteiger partial charge in [0.2, 0.25) is 0 Å². The van der Waals surface area contributed by atoms with E-state index in [1.54, 1.807) is 30.3 Å². The van der Waals surface area contributed by atoms with Crippen molar-refractivity contribution in [1.29, 1.82) is 0 Å². The molecule has 4 rings (SSSR count). The molecule has 0 bridgehead atoms. The molecule has 0 amide bonds. The van der Waals surface area contributed by atoms with Gasteiger partial charge in [-0.2, -0.15) is 0 Å². The predicted molar refractivity (Wildman–Crippen MR) is 90.4 cm³/mol. The van der Waals surface area contributed by atoms with Crippen LogP contribution in [0.4, 0.5) is 4.39 Å². The number of carbonyl (C=O) groups is 1. The van der Waals surface area contributed by atoms with Crippen LogP contribution in [0.1, 0.15) is 21.6 Å². The van der Waals surface area contributed by atoms with Crippen LogP contribution in [-0.4, -0.2) is 17.7 Å². The highest BCUT2D eigenvalue weighted by molar-refractivity contribution is 5.92. The number of esters is 1. The number of nitrogens with one attached hydrogen (secondary N) is 1. The number of aromatic nitrogens is 1. The first-order valence-electron chi connectivity index (χ1n) is 7.93. The van der Waals surface area contributed by atoms with Gasteiger partial charge in [-0.15, -0.1) is 0 Å². The third-order valence-corrected chi connectivity index (χ3v) is 4.08. The van der Waals surface area contributed by atoms with Gasteiger partial charge in [0, 0.05) is 16.5 Å². The fraction of sp³-hybridized carbons (Fsp3) is 0.158. The van der Waals surface area contributed by atoms with Crippen molar-refractivity contribution in [3.63, 3.8) is 0 Å². The average molecular weight is 355 g/mol. The van der Waals surface area contributed by atoms with E-state index >= 15 is 0 Å². The Labute approximate surface area is 147 Å². The van der Waals surface area contributed by atoms with Gasteiger partial charge in [-0.3, -0.25) is 4.79 Å². The highest BCUT2D eigenvalue weighted by atomic mass is 19.1. The number of aromatic amines is 1. The molecule has 2 aromatic carbocycles. The number of carbonyl (C=O) groups excluding carboxylic acids is 1. The van der Waals surface area contributed by atoms with Crippen LogP contribution in [0.2, 0.25) is 0 Å². The monoisotopic (exact) mass is 355 g/mol. The van der Waals surface area contributed by atoms with E-state index in [9.17, 15) is 14.0 Å². The maximum absolute atomic E-state index is 13.7. The van der Waals surface area contributed by atoms with Crippen LogP contribution < -0.4 is 10.3 Å². The van der Waals surface area contributed by atoms with Crippen molar-refractivity contribution in [1.82, 2.24) is 4.98 Å². The molecule has 0 radical (unpaired) electrons. The Kier molecular flexibility index (Phi) is 4.14. The second kappa shape index (κ2) is 6.61. The first-order valence-corrected chi connectivity index (χ1v) is 7.93. The number of benzene rings is 2. The number of rotatable bonds is 3. The zero-order valence-corrected chi connectivity index (χ0v) is 13.6. The van der Waals surface area contributed by atoms with Gasteiger partial charge in [0.1, 0.15) is 23.9 Å². The van der Waals surface area contributed by atoms with Gasteiger partial charge in [-0.1, -0.05) is 18.2 Å². The Morgan fingerprint density at radius 2 is 2.08 bits per heavy atom. The molecule has 0 spiro atoms. The topological polar surface area (TPSA) is 77.6 Å². The number of ether oxygens (including phenoxy) is 3. The maximum atomic E-state index is 13.7. The Bertz CT molecular complexity index is 1060. The standard InChI is InChI=1S/C19H14FNO5/c20-14-5-12-8-24-10-26-17(12)13(6-14)9-25-19(23)16-7-11-3-1-2-4-15(11)18(22)21-16/h1-7H,8-10H2,(H,21,22). The number of pyridine rings is 1. The summed E-state index contributed by atoms with van der Waals surface area (Å²) in [7, 11) is 0. The molecule has 0 atom stereocenters. The molecule has 0 saturated carbocycles. The van der Waals surface area contributed by atoms with E-state index in [0.29, 0.717) is 27.6 Å². The van der Waals surface area contributed by atoms with Crippen molar-refractivity contribution in [2.45, 2.75) is 13.2 Å². The van der Waals surface area contributed by atoms with E-state index in [1.165, 1.54) is 12.1 Å². The van der Waals surface area contributed by atoms with Crippen LogP contribution in [-0.2, 0) is 22.7 Å². The molecule has 1 N–H and O–H groups in total. The Morgan fingerprint density at radius 1 is 1.23 bits per heavy atom. The lowest BCUT2D eigenvalue weighted by molar-refractivity contribution is -0.0183. The molecule has 1 aliphatic rings. The number of hydrogen-bond acceptors (Lipinski definition) is 5. The maximum Gasteiger partial charge on any atom is 0.355 e. The number of H-pyrrole nitrogens is 1. The summed E-state index contributed by atoms with van der Waals surface area (Å²) < 4.78 is 29.5. The predicted octanol–water partition coefficient (Wildman–Crippen LogP) is 2.89. The van der Waals surface area contributed by atoms with Crippen LogP contribution in [0.25, 0.3) is 10.8 Å². The molecule has 0 saturated heterocycles. The lowest BCUT2D eigenvalue weighted by Gasteiger charge is -2.20. The molecule has 0 unspecified atom stereocenters. The summed E-state index contributed by atoms with van der Waals surface area (Å²) in [6.07, 6.45) is 0.